The van der Waals surface area contributed by atoms with Crippen LogP contribution in [0.4, 0.5) is 0 Å². The predicted molar refractivity (Wildman–Crippen MR) is 87.2 cm³/mol. The summed E-state index contributed by atoms with van der Waals surface area (Å²) < 4.78 is 0. The molecule has 2 rings (SSSR count). The van der Waals surface area contributed by atoms with Gasteiger partial charge in [0.15, 0.2) is 0 Å². The van der Waals surface area contributed by atoms with Gasteiger partial charge in [0.25, 0.3) is 0 Å². The zero-order valence-corrected chi connectivity index (χ0v) is 14.1. The van der Waals surface area contributed by atoms with Crippen molar-refractivity contribution in [3.8, 4) is 0 Å². The van der Waals surface area contributed by atoms with E-state index in [1.54, 1.807) is 0 Å². The van der Waals surface area contributed by atoms with E-state index in [0.717, 1.165) is 44.4 Å². The quantitative estimate of drug-likeness (QED) is 0.757. The molecule has 0 aromatic heterocycles. The lowest BCUT2D eigenvalue weighted by atomic mass is 9.65. The van der Waals surface area contributed by atoms with Crippen molar-refractivity contribution >= 4 is 5.78 Å². The van der Waals surface area contributed by atoms with Crippen molar-refractivity contribution in [2.24, 2.45) is 17.8 Å². The van der Waals surface area contributed by atoms with E-state index in [1.165, 1.54) is 38.5 Å². The van der Waals surface area contributed by atoms with Gasteiger partial charge in [-0.25, -0.2) is 0 Å². The standard InChI is InChI=1S/C19H34O2/c1-3-5-15-7-9-17(10-8-15)19(21)13-11-16(12-14-19)18(20)6-4-2/h15-17,21H,3-14H2,1-2H3. The van der Waals surface area contributed by atoms with E-state index in [1.807, 2.05) is 0 Å². The van der Waals surface area contributed by atoms with Crippen LogP contribution in [0, 0.1) is 17.8 Å². The van der Waals surface area contributed by atoms with E-state index < -0.39 is 5.60 Å². The summed E-state index contributed by atoms with van der Waals surface area (Å²) in [7, 11) is 0. The molecule has 0 aromatic rings. The lowest BCUT2D eigenvalue weighted by molar-refractivity contribution is -0.128. The molecule has 0 amide bonds. The maximum absolute atomic E-state index is 12.0. The van der Waals surface area contributed by atoms with Crippen molar-refractivity contribution in [1.29, 1.82) is 0 Å². The molecule has 2 fully saturated rings. The first-order valence-electron chi connectivity index (χ1n) is 9.34. The van der Waals surface area contributed by atoms with Crippen LogP contribution < -0.4 is 0 Å². The van der Waals surface area contributed by atoms with Crippen molar-refractivity contribution in [2.45, 2.75) is 96.5 Å². The average Bonchev–Trinajstić information content (AvgIpc) is 2.49. The highest BCUT2D eigenvalue weighted by Crippen LogP contribution is 2.45. The van der Waals surface area contributed by atoms with E-state index in [4.69, 9.17) is 0 Å². The molecule has 0 aromatic carbocycles. The number of ketones is 1. The molecule has 2 nitrogen and oxygen atoms in total. The first-order valence-corrected chi connectivity index (χ1v) is 9.34. The molecule has 122 valence electrons. The van der Waals surface area contributed by atoms with Crippen molar-refractivity contribution in [3.05, 3.63) is 0 Å². The second-order valence-corrected chi connectivity index (χ2v) is 7.60. The molecular formula is C19H34O2. The van der Waals surface area contributed by atoms with Gasteiger partial charge in [-0.05, 0) is 56.8 Å². The minimum absolute atomic E-state index is 0.238. The van der Waals surface area contributed by atoms with E-state index in [-0.39, 0.29) is 5.92 Å². The minimum atomic E-state index is -0.458. The largest absolute Gasteiger partial charge is 0.390 e. The van der Waals surface area contributed by atoms with Crippen molar-refractivity contribution in [3.63, 3.8) is 0 Å². The third-order valence-corrected chi connectivity index (χ3v) is 6.11. The van der Waals surface area contributed by atoms with Gasteiger partial charge in [0, 0.05) is 12.3 Å². The van der Waals surface area contributed by atoms with Crippen molar-refractivity contribution in [2.75, 3.05) is 0 Å². The SMILES string of the molecule is CCCC(=O)C1CCC(O)(C2CCC(CCC)CC2)CC1. The van der Waals surface area contributed by atoms with E-state index in [0.29, 0.717) is 11.7 Å². The fourth-order valence-corrected chi connectivity index (χ4v) is 4.70. The number of Topliss-reactive ketones (excluding diaryl/α,β-unsaturated/α-hetero) is 1. The topological polar surface area (TPSA) is 37.3 Å². The number of carbonyl (C=O) groups is 1. The summed E-state index contributed by atoms with van der Waals surface area (Å²) in [5.74, 6) is 2.07. The molecule has 2 saturated carbocycles. The van der Waals surface area contributed by atoms with Crippen LogP contribution in [0.5, 0.6) is 0 Å². The predicted octanol–water partition coefficient (Wildman–Crippen LogP) is 4.88. The first kappa shape index (κ1) is 17.0. The second kappa shape index (κ2) is 7.76. The second-order valence-electron chi connectivity index (χ2n) is 7.60. The van der Waals surface area contributed by atoms with Crippen LogP contribution >= 0.6 is 0 Å². The molecule has 0 bridgehead atoms. The summed E-state index contributed by atoms with van der Waals surface area (Å²) in [4.78, 5) is 12.0. The van der Waals surface area contributed by atoms with Crippen LogP contribution in [0.1, 0.15) is 90.9 Å². The lowest BCUT2D eigenvalue weighted by Crippen LogP contribution is -2.44. The molecular weight excluding hydrogens is 260 g/mol. The molecule has 0 saturated heterocycles. The van der Waals surface area contributed by atoms with Gasteiger partial charge in [0.1, 0.15) is 5.78 Å². The first-order chi connectivity index (χ1) is 10.1. The highest BCUT2D eigenvalue weighted by atomic mass is 16.3. The van der Waals surface area contributed by atoms with Crippen LogP contribution in [0.2, 0.25) is 0 Å². The Kier molecular flexibility index (Phi) is 6.28. The maximum Gasteiger partial charge on any atom is 0.135 e. The van der Waals surface area contributed by atoms with Gasteiger partial charge in [-0.2, -0.15) is 0 Å². The van der Waals surface area contributed by atoms with Crippen molar-refractivity contribution < 1.29 is 9.90 Å². The van der Waals surface area contributed by atoms with E-state index in [2.05, 4.69) is 13.8 Å². The van der Waals surface area contributed by atoms with Crippen LogP contribution in [-0.4, -0.2) is 16.5 Å². The summed E-state index contributed by atoms with van der Waals surface area (Å²) in [5, 5.41) is 11.0. The lowest BCUT2D eigenvalue weighted by Gasteiger charge is -2.44. The maximum atomic E-state index is 12.0. The molecule has 0 spiro atoms. The molecule has 2 heteroatoms. The number of carbonyl (C=O) groups excluding carboxylic acids is 1. The molecule has 0 atom stereocenters. The molecule has 0 heterocycles. The van der Waals surface area contributed by atoms with Crippen LogP contribution in [-0.2, 0) is 4.79 Å². The number of hydrogen-bond donors (Lipinski definition) is 1. The fourth-order valence-electron chi connectivity index (χ4n) is 4.70. The molecule has 0 aliphatic heterocycles. The third kappa shape index (κ3) is 4.31. The smallest absolute Gasteiger partial charge is 0.135 e. The van der Waals surface area contributed by atoms with Gasteiger partial charge >= 0.3 is 0 Å². The number of aliphatic hydroxyl groups is 1. The Labute approximate surface area is 130 Å². The van der Waals surface area contributed by atoms with Gasteiger partial charge in [-0.15, -0.1) is 0 Å². The summed E-state index contributed by atoms with van der Waals surface area (Å²) >= 11 is 0. The molecule has 1 N–H and O–H groups in total. The van der Waals surface area contributed by atoms with Crippen LogP contribution in [0.25, 0.3) is 0 Å². The zero-order valence-electron chi connectivity index (χ0n) is 14.1. The van der Waals surface area contributed by atoms with Gasteiger partial charge < -0.3 is 5.11 Å². The highest BCUT2D eigenvalue weighted by Gasteiger charge is 2.42. The minimum Gasteiger partial charge on any atom is -0.390 e. The van der Waals surface area contributed by atoms with Gasteiger partial charge in [0.2, 0.25) is 0 Å². The Hall–Kier alpha value is -0.370. The molecule has 2 aliphatic carbocycles. The number of rotatable bonds is 6. The normalized spacial score (nSPS) is 37.4. The fraction of sp³-hybridized carbons (Fsp3) is 0.947. The Bertz CT molecular complexity index is 320. The van der Waals surface area contributed by atoms with Gasteiger partial charge in [0.05, 0.1) is 5.60 Å². The Balaban J connectivity index is 1.81. The Morgan fingerprint density at radius 1 is 1.00 bits per heavy atom. The summed E-state index contributed by atoms with van der Waals surface area (Å²) in [6.45, 7) is 4.35. The molecule has 0 radical (unpaired) electrons. The van der Waals surface area contributed by atoms with Gasteiger partial charge in [-0.3, -0.25) is 4.79 Å². The van der Waals surface area contributed by atoms with E-state index >= 15 is 0 Å². The zero-order chi connectivity index (χ0) is 15.3. The van der Waals surface area contributed by atoms with Crippen LogP contribution in [0.15, 0.2) is 0 Å². The molecule has 0 unspecified atom stereocenters. The highest BCUT2D eigenvalue weighted by molar-refractivity contribution is 5.81. The average molecular weight is 294 g/mol. The van der Waals surface area contributed by atoms with Crippen molar-refractivity contribution in [1.82, 2.24) is 0 Å². The summed E-state index contributed by atoms with van der Waals surface area (Å²) in [6.07, 6.45) is 12.9. The molecule has 2 aliphatic rings. The van der Waals surface area contributed by atoms with E-state index in [9.17, 15) is 9.90 Å². The van der Waals surface area contributed by atoms with Crippen LogP contribution in [0.3, 0.4) is 0 Å². The summed E-state index contributed by atoms with van der Waals surface area (Å²) in [6, 6.07) is 0. The summed E-state index contributed by atoms with van der Waals surface area (Å²) in [5.41, 5.74) is -0.458. The monoisotopic (exact) mass is 294 g/mol. The molecule has 21 heavy (non-hydrogen) atoms. The Morgan fingerprint density at radius 3 is 2.14 bits per heavy atom. The number of hydrogen-bond acceptors (Lipinski definition) is 2. The van der Waals surface area contributed by atoms with Gasteiger partial charge in [-0.1, -0.05) is 39.5 Å². The Morgan fingerprint density at radius 2 is 1.62 bits per heavy atom. The third-order valence-electron chi connectivity index (χ3n) is 6.11.